The van der Waals surface area contributed by atoms with Crippen LogP contribution in [0.5, 0.6) is 0 Å². The molecule has 27 heavy (non-hydrogen) atoms. The van der Waals surface area contributed by atoms with E-state index in [1.54, 1.807) is 24.3 Å². The lowest BCUT2D eigenvalue weighted by molar-refractivity contribution is -0.122. The van der Waals surface area contributed by atoms with Crippen LogP contribution in [0.2, 0.25) is 0 Å². The Kier molecular flexibility index (Phi) is 6.52. The molecule has 3 rings (SSSR count). The maximum absolute atomic E-state index is 13.0. The van der Waals surface area contributed by atoms with Crippen LogP contribution in [0, 0.1) is 5.92 Å². The van der Waals surface area contributed by atoms with E-state index < -0.39 is 10.0 Å². The van der Waals surface area contributed by atoms with Gasteiger partial charge >= 0.3 is 0 Å². The van der Waals surface area contributed by atoms with Crippen molar-refractivity contribution in [3.05, 3.63) is 24.3 Å². The fourth-order valence-electron chi connectivity index (χ4n) is 3.61. The van der Waals surface area contributed by atoms with E-state index in [2.05, 4.69) is 10.2 Å². The number of anilines is 1. The van der Waals surface area contributed by atoms with Gasteiger partial charge in [0.1, 0.15) is 0 Å². The van der Waals surface area contributed by atoms with Gasteiger partial charge in [-0.2, -0.15) is 4.31 Å². The molecule has 150 valence electrons. The molecule has 7 nitrogen and oxygen atoms in total. The summed E-state index contributed by atoms with van der Waals surface area (Å²) in [5.74, 6) is 0.0235. The van der Waals surface area contributed by atoms with Crippen LogP contribution in [0.4, 0.5) is 5.69 Å². The monoisotopic (exact) mass is 395 g/mol. The zero-order valence-electron chi connectivity index (χ0n) is 15.8. The van der Waals surface area contributed by atoms with Crippen molar-refractivity contribution in [2.45, 2.75) is 43.5 Å². The van der Waals surface area contributed by atoms with Crippen LogP contribution < -0.4 is 5.32 Å². The lowest BCUT2D eigenvalue weighted by atomic mass is 9.85. The number of hydrogen-bond donors (Lipinski definition) is 2. The Bertz CT molecular complexity index is 752. The number of piperazine rings is 1. The largest absolute Gasteiger partial charge is 0.395 e. The Morgan fingerprint density at radius 3 is 2.52 bits per heavy atom. The molecular formula is C19H29N3O4S. The highest BCUT2D eigenvalue weighted by molar-refractivity contribution is 7.89. The summed E-state index contributed by atoms with van der Waals surface area (Å²) in [6.45, 7) is 4.13. The third-order valence-electron chi connectivity index (χ3n) is 5.69. The van der Waals surface area contributed by atoms with Gasteiger partial charge in [-0.05, 0) is 37.5 Å². The molecule has 0 bridgehead atoms. The van der Waals surface area contributed by atoms with Crippen LogP contribution in [0.3, 0.4) is 0 Å². The first-order valence-corrected chi connectivity index (χ1v) is 11.2. The van der Waals surface area contributed by atoms with Gasteiger partial charge in [0, 0.05) is 43.8 Å². The zero-order valence-corrected chi connectivity index (χ0v) is 16.6. The third-order valence-corrected chi connectivity index (χ3v) is 7.58. The fourth-order valence-corrected chi connectivity index (χ4v) is 5.08. The summed E-state index contributed by atoms with van der Waals surface area (Å²) in [7, 11) is -3.60. The van der Waals surface area contributed by atoms with Crippen molar-refractivity contribution in [2.75, 3.05) is 38.1 Å². The van der Waals surface area contributed by atoms with Gasteiger partial charge in [0.05, 0.1) is 11.5 Å². The average Bonchev–Trinajstić information content (AvgIpc) is 2.62. The first kappa shape index (κ1) is 20.3. The summed E-state index contributed by atoms with van der Waals surface area (Å²) in [6.07, 6.45) is 3.72. The molecule has 0 aromatic heterocycles. The second-order valence-electron chi connectivity index (χ2n) is 7.33. The Hall–Kier alpha value is -1.48. The van der Waals surface area contributed by atoms with Gasteiger partial charge in [0.15, 0.2) is 0 Å². The van der Waals surface area contributed by atoms with Crippen LogP contribution in [-0.2, 0) is 14.8 Å². The highest BCUT2D eigenvalue weighted by Crippen LogP contribution is 2.28. The molecule has 8 heteroatoms. The number of aliphatic hydroxyl groups is 1. The number of sulfonamides is 1. The summed E-state index contributed by atoms with van der Waals surface area (Å²) in [5, 5.41) is 12.3. The Balaban J connectivity index is 1.66. The second-order valence-corrected chi connectivity index (χ2v) is 9.27. The van der Waals surface area contributed by atoms with Crippen molar-refractivity contribution >= 4 is 21.6 Å². The van der Waals surface area contributed by atoms with Crippen molar-refractivity contribution in [1.29, 1.82) is 0 Å². The molecule has 1 aromatic carbocycles. The van der Waals surface area contributed by atoms with Gasteiger partial charge in [0.2, 0.25) is 15.9 Å². The van der Waals surface area contributed by atoms with Crippen molar-refractivity contribution in [1.82, 2.24) is 9.21 Å². The normalized spacial score (nSPS) is 20.8. The van der Waals surface area contributed by atoms with Gasteiger partial charge in [-0.15, -0.1) is 0 Å². The number of rotatable bonds is 7. The Morgan fingerprint density at radius 2 is 1.96 bits per heavy atom. The maximum Gasteiger partial charge on any atom is 0.243 e. The topological polar surface area (TPSA) is 89.9 Å². The van der Waals surface area contributed by atoms with Crippen LogP contribution in [-0.4, -0.2) is 67.5 Å². The van der Waals surface area contributed by atoms with Crippen LogP contribution in [0.15, 0.2) is 29.2 Å². The number of hydrogen-bond acceptors (Lipinski definition) is 5. The first-order chi connectivity index (χ1) is 13.0. The van der Waals surface area contributed by atoms with Crippen molar-refractivity contribution < 1.29 is 18.3 Å². The Labute approximate surface area is 161 Å². The summed E-state index contributed by atoms with van der Waals surface area (Å²) in [5.41, 5.74) is 0.526. The maximum atomic E-state index is 13.0. The quantitative estimate of drug-likeness (QED) is 0.730. The second kappa shape index (κ2) is 8.68. The minimum Gasteiger partial charge on any atom is -0.395 e. The van der Waals surface area contributed by atoms with E-state index in [1.807, 2.05) is 6.92 Å². The fraction of sp³-hybridized carbons (Fsp3) is 0.632. The van der Waals surface area contributed by atoms with Gasteiger partial charge in [-0.1, -0.05) is 19.4 Å². The zero-order chi connectivity index (χ0) is 19.4. The van der Waals surface area contributed by atoms with E-state index in [4.69, 9.17) is 0 Å². The van der Waals surface area contributed by atoms with Gasteiger partial charge < -0.3 is 10.4 Å². The molecule has 1 saturated heterocycles. The Morgan fingerprint density at radius 1 is 1.26 bits per heavy atom. The number of nitrogens with zero attached hydrogens (tertiary/aromatic N) is 2. The van der Waals surface area contributed by atoms with Crippen molar-refractivity contribution in [2.24, 2.45) is 5.92 Å². The van der Waals surface area contributed by atoms with E-state index >= 15 is 0 Å². The molecule has 0 radical (unpaired) electrons. The highest BCUT2D eigenvalue weighted by atomic mass is 32.2. The molecule has 1 unspecified atom stereocenters. The van der Waals surface area contributed by atoms with Crippen LogP contribution >= 0.6 is 0 Å². The lowest BCUT2D eigenvalue weighted by Gasteiger charge is -2.37. The summed E-state index contributed by atoms with van der Waals surface area (Å²) < 4.78 is 27.5. The molecule has 1 heterocycles. The summed E-state index contributed by atoms with van der Waals surface area (Å²) in [4.78, 5) is 14.5. The molecule has 1 saturated carbocycles. The lowest BCUT2D eigenvalue weighted by Crippen LogP contribution is -2.52. The summed E-state index contributed by atoms with van der Waals surface area (Å²) >= 11 is 0. The smallest absolute Gasteiger partial charge is 0.243 e. The molecule has 1 atom stereocenters. The minimum atomic E-state index is -3.60. The molecular weight excluding hydrogens is 366 g/mol. The van der Waals surface area contributed by atoms with E-state index in [0.717, 1.165) is 25.7 Å². The summed E-state index contributed by atoms with van der Waals surface area (Å²) in [6, 6.07) is 6.59. The number of carbonyl (C=O) groups is 1. The van der Waals surface area contributed by atoms with Gasteiger partial charge in [-0.3, -0.25) is 9.69 Å². The number of carbonyl (C=O) groups excluding carboxylic acids is 1. The standard InChI is InChI=1S/C19H29N3O4S/c1-2-17(14-23)21-9-11-22(12-10-21)27(25,26)18-8-4-7-16(13-18)20-19(24)15-5-3-6-15/h4,7-8,13,15,17,23H,2-3,5-6,9-12,14H2,1H3,(H,20,24). The third kappa shape index (κ3) is 4.51. The minimum absolute atomic E-state index is 0.0287. The van der Waals surface area contributed by atoms with E-state index in [9.17, 15) is 18.3 Å². The van der Waals surface area contributed by atoms with Crippen LogP contribution in [0.1, 0.15) is 32.6 Å². The first-order valence-electron chi connectivity index (χ1n) is 9.71. The molecule has 2 N–H and O–H groups in total. The number of aliphatic hydroxyl groups excluding tert-OH is 1. The molecule has 2 fully saturated rings. The SMILES string of the molecule is CCC(CO)N1CCN(S(=O)(=O)c2cccc(NC(=O)C3CCC3)c2)CC1. The molecule has 0 spiro atoms. The molecule has 2 aliphatic rings. The molecule has 1 aliphatic heterocycles. The van der Waals surface area contributed by atoms with E-state index in [0.29, 0.717) is 31.9 Å². The van der Waals surface area contributed by atoms with Gasteiger partial charge in [0.25, 0.3) is 0 Å². The molecule has 1 aromatic rings. The van der Waals surface area contributed by atoms with E-state index in [1.165, 1.54) is 4.31 Å². The van der Waals surface area contributed by atoms with E-state index in [-0.39, 0.29) is 29.4 Å². The predicted octanol–water partition coefficient (Wildman–Crippen LogP) is 1.50. The van der Waals surface area contributed by atoms with Crippen LogP contribution in [0.25, 0.3) is 0 Å². The number of amides is 1. The average molecular weight is 396 g/mol. The number of nitrogens with one attached hydrogen (secondary N) is 1. The van der Waals surface area contributed by atoms with Gasteiger partial charge in [-0.25, -0.2) is 8.42 Å². The predicted molar refractivity (Wildman–Crippen MR) is 104 cm³/mol. The number of benzene rings is 1. The highest BCUT2D eigenvalue weighted by Gasteiger charge is 2.31. The molecule has 1 aliphatic carbocycles. The molecule has 1 amide bonds. The van der Waals surface area contributed by atoms with Crippen molar-refractivity contribution in [3.63, 3.8) is 0 Å². The van der Waals surface area contributed by atoms with Crippen molar-refractivity contribution in [3.8, 4) is 0 Å².